The summed E-state index contributed by atoms with van der Waals surface area (Å²) in [6, 6.07) is 8.37. The number of carboxylic acids is 1. The van der Waals surface area contributed by atoms with Crippen LogP contribution in [0.25, 0.3) is 11.3 Å². The van der Waals surface area contributed by atoms with Crippen LogP contribution in [0.15, 0.2) is 36.5 Å². The first-order valence-corrected chi connectivity index (χ1v) is 13.5. The predicted molar refractivity (Wildman–Crippen MR) is 148 cm³/mol. The molecule has 200 valence electrons. The first-order chi connectivity index (χ1) is 18.2. The molecule has 2 aliphatic rings. The average Bonchev–Trinajstić information content (AvgIpc) is 2.90. The van der Waals surface area contributed by atoms with Gasteiger partial charge in [0.05, 0.1) is 21.3 Å². The van der Waals surface area contributed by atoms with E-state index >= 15 is 0 Å². The third-order valence-corrected chi connectivity index (χ3v) is 7.83. The molecule has 2 aromatic heterocycles. The van der Waals surface area contributed by atoms with Gasteiger partial charge in [0.2, 0.25) is 5.95 Å². The molecule has 0 saturated carbocycles. The third-order valence-electron chi connectivity index (χ3n) is 7.27. The summed E-state index contributed by atoms with van der Waals surface area (Å²) in [5.74, 6) is 0.479. The van der Waals surface area contributed by atoms with Gasteiger partial charge in [0.1, 0.15) is 17.5 Å². The number of piperidine rings is 1. The number of halogens is 3. The van der Waals surface area contributed by atoms with E-state index in [9.17, 15) is 14.3 Å². The Hall–Kier alpha value is -3.17. The van der Waals surface area contributed by atoms with Gasteiger partial charge in [0, 0.05) is 56.1 Å². The number of carboxylic acid groups (broad SMARTS) is 1. The lowest BCUT2D eigenvalue weighted by atomic mass is 10.0. The minimum atomic E-state index is -1.06. The Balaban J connectivity index is 1.46. The molecule has 0 aliphatic carbocycles. The van der Waals surface area contributed by atoms with Crippen LogP contribution in [-0.2, 0) is 0 Å². The van der Waals surface area contributed by atoms with Gasteiger partial charge in [-0.2, -0.15) is 4.98 Å². The van der Waals surface area contributed by atoms with E-state index in [2.05, 4.69) is 33.5 Å². The van der Waals surface area contributed by atoms with Crippen LogP contribution in [0.1, 0.15) is 43.5 Å². The largest absolute Gasteiger partial charge is 0.478 e. The number of aromatic carboxylic acids is 1. The maximum Gasteiger partial charge on any atom is 0.337 e. The molecule has 0 spiro atoms. The molecule has 2 fully saturated rings. The Morgan fingerprint density at radius 3 is 2.50 bits per heavy atom. The molecule has 2 atom stereocenters. The highest BCUT2D eigenvalue weighted by molar-refractivity contribution is 6.33. The maximum absolute atomic E-state index is 13.9. The molecule has 2 aliphatic heterocycles. The summed E-state index contributed by atoms with van der Waals surface area (Å²) in [6.45, 7) is 7.07. The lowest BCUT2D eigenvalue weighted by Gasteiger charge is -2.42. The normalized spacial score (nSPS) is 20.1. The van der Waals surface area contributed by atoms with E-state index in [0.717, 1.165) is 30.8 Å². The fourth-order valence-corrected chi connectivity index (χ4v) is 5.63. The van der Waals surface area contributed by atoms with Crippen molar-refractivity contribution in [2.45, 2.75) is 45.2 Å². The number of carbonyl (C=O) groups is 1. The Bertz CT molecular complexity index is 1360. The van der Waals surface area contributed by atoms with Crippen molar-refractivity contribution in [1.29, 1.82) is 0 Å². The van der Waals surface area contributed by atoms with Crippen molar-refractivity contribution in [3.8, 4) is 11.3 Å². The molecule has 2 saturated heterocycles. The van der Waals surface area contributed by atoms with Crippen LogP contribution in [0.5, 0.6) is 0 Å². The molecule has 1 N–H and O–H groups in total. The van der Waals surface area contributed by atoms with Gasteiger partial charge in [-0.3, -0.25) is 0 Å². The van der Waals surface area contributed by atoms with Gasteiger partial charge in [-0.05, 0) is 57.4 Å². The third kappa shape index (κ3) is 5.35. The highest BCUT2D eigenvalue weighted by atomic mass is 35.5. The number of anilines is 3. The van der Waals surface area contributed by atoms with E-state index in [4.69, 9.17) is 33.2 Å². The second-order valence-corrected chi connectivity index (χ2v) is 10.7. The van der Waals surface area contributed by atoms with E-state index in [1.807, 2.05) is 6.07 Å². The summed E-state index contributed by atoms with van der Waals surface area (Å²) >= 11 is 12.5. The van der Waals surface area contributed by atoms with Crippen molar-refractivity contribution < 1.29 is 14.3 Å². The maximum atomic E-state index is 13.9. The van der Waals surface area contributed by atoms with Gasteiger partial charge >= 0.3 is 5.97 Å². The van der Waals surface area contributed by atoms with Gasteiger partial charge in [-0.25, -0.2) is 19.2 Å². The summed E-state index contributed by atoms with van der Waals surface area (Å²) in [5.41, 5.74) is 1.47. The predicted octanol–water partition coefficient (Wildman–Crippen LogP) is 5.78. The average molecular weight is 559 g/mol. The topological polar surface area (TPSA) is 85.7 Å². The Kier molecular flexibility index (Phi) is 7.59. The number of nitrogens with zero attached hydrogens (tertiary/aromatic N) is 6. The van der Waals surface area contributed by atoms with Crippen LogP contribution in [0.2, 0.25) is 10.0 Å². The van der Waals surface area contributed by atoms with Crippen molar-refractivity contribution in [2.24, 2.45) is 0 Å². The van der Waals surface area contributed by atoms with Gasteiger partial charge in [0.15, 0.2) is 0 Å². The van der Waals surface area contributed by atoms with Crippen LogP contribution >= 0.6 is 23.2 Å². The number of pyridine rings is 1. The Morgan fingerprint density at radius 2 is 1.82 bits per heavy atom. The fraction of sp³-hybridized carbons (Fsp3) is 0.407. The Morgan fingerprint density at radius 1 is 1.00 bits per heavy atom. The molecule has 0 amide bonds. The second kappa shape index (κ2) is 10.9. The van der Waals surface area contributed by atoms with E-state index in [0.29, 0.717) is 48.2 Å². The molecule has 4 heterocycles. The Labute approximate surface area is 231 Å². The van der Waals surface area contributed by atoms with Crippen LogP contribution < -0.4 is 14.7 Å². The molecular weight excluding hydrogens is 530 g/mol. The number of hydrogen-bond acceptors (Lipinski definition) is 7. The van der Waals surface area contributed by atoms with Crippen LogP contribution in [0, 0.1) is 5.82 Å². The molecule has 11 heteroatoms. The number of aromatic nitrogens is 3. The quantitative estimate of drug-likeness (QED) is 0.422. The molecule has 38 heavy (non-hydrogen) atoms. The summed E-state index contributed by atoms with van der Waals surface area (Å²) in [4.78, 5) is 32.0. The van der Waals surface area contributed by atoms with Crippen LogP contribution in [0.3, 0.4) is 0 Å². The summed E-state index contributed by atoms with van der Waals surface area (Å²) in [6.07, 6.45) is 4.67. The summed E-state index contributed by atoms with van der Waals surface area (Å²) in [7, 11) is 0. The summed E-state index contributed by atoms with van der Waals surface area (Å²) in [5, 5.41) is 9.58. The zero-order chi connectivity index (χ0) is 27.0. The monoisotopic (exact) mass is 558 g/mol. The van der Waals surface area contributed by atoms with Crippen LogP contribution in [-0.4, -0.2) is 64.3 Å². The lowest BCUT2D eigenvalue weighted by molar-refractivity contribution is 0.0696. The number of hydrogen-bond donors (Lipinski definition) is 1. The molecule has 8 nitrogen and oxygen atoms in total. The summed E-state index contributed by atoms with van der Waals surface area (Å²) < 4.78 is 13.9. The standard InChI is InChI=1S/C27H29Cl2FN6O2/c1-16-5-3-4-8-36(16)27-32-23(18-6-7-22(30)20(28)11-18)13-24(33-27)35-10-9-34(15-17(35)2)25-21(29)12-19(14-31-25)26(37)38/h6-7,11-14,16-17H,3-5,8-10,15H2,1-2H3,(H,37,38). The van der Waals surface area contributed by atoms with Gasteiger partial charge in [-0.15, -0.1) is 0 Å². The number of piperazine rings is 1. The number of rotatable bonds is 5. The van der Waals surface area contributed by atoms with E-state index in [1.165, 1.54) is 24.8 Å². The van der Waals surface area contributed by atoms with Gasteiger partial charge < -0.3 is 19.8 Å². The van der Waals surface area contributed by atoms with E-state index in [-0.39, 0.29) is 16.6 Å². The van der Waals surface area contributed by atoms with Gasteiger partial charge in [0.25, 0.3) is 0 Å². The second-order valence-electron chi connectivity index (χ2n) is 9.90. The van der Waals surface area contributed by atoms with E-state index in [1.54, 1.807) is 12.1 Å². The molecule has 3 aromatic rings. The van der Waals surface area contributed by atoms with Crippen molar-refractivity contribution >= 4 is 46.8 Å². The molecule has 5 rings (SSSR count). The SMILES string of the molecule is CC1CN(c2ncc(C(=O)O)cc2Cl)CCN1c1cc(-c2ccc(F)c(Cl)c2)nc(N2CCCCC2C)n1. The minimum Gasteiger partial charge on any atom is -0.478 e. The number of benzene rings is 1. The molecule has 0 bridgehead atoms. The van der Waals surface area contributed by atoms with Crippen molar-refractivity contribution in [2.75, 3.05) is 40.9 Å². The zero-order valence-corrected chi connectivity index (χ0v) is 22.8. The van der Waals surface area contributed by atoms with E-state index < -0.39 is 11.8 Å². The highest BCUT2D eigenvalue weighted by Crippen LogP contribution is 2.33. The molecule has 1 aromatic carbocycles. The fourth-order valence-electron chi connectivity index (χ4n) is 5.17. The van der Waals surface area contributed by atoms with Crippen molar-refractivity contribution in [3.63, 3.8) is 0 Å². The zero-order valence-electron chi connectivity index (χ0n) is 21.2. The first kappa shape index (κ1) is 26.4. The lowest BCUT2D eigenvalue weighted by Crippen LogP contribution is -2.53. The highest BCUT2D eigenvalue weighted by Gasteiger charge is 2.29. The van der Waals surface area contributed by atoms with Gasteiger partial charge in [-0.1, -0.05) is 23.2 Å². The molecule has 0 radical (unpaired) electrons. The first-order valence-electron chi connectivity index (χ1n) is 12.7. The van der Waals surface area contributed by atoms with Crippen LogP contribution in [0.4, 0.5) is 22.0 Å². The minimum absolute atomic E-state index is 0.0481. The van der Waals surface area contributed by atoms with Crippen molar-refractivity contribution in [1.82, 2.24) is 15.0 Å². The molecule has 2 unspecified atom stereocenters. The van der Waals surface area contributed by atoms with Crippen molar-refractivity contribution in [3.05, 3.63) is 58.0 Å². The smallest absolute Gasteiger partial charge is 0.337 e. The molecular formula is C27H29Cl2FN6O2.